The van der Waals surface area contributed by atoms with E-state index in [1.807, 2.05) is 30.3 Å². The number of nitrogens with zero attached hydrogens (tertiary/aromatic N) is 5. The van der Waals surface area contributed by atoms with Crippen molar-refractivity contribution in [1.29, 1.82) is 0 Å². The first-order chi connectivity index (χ1) is 13.8. The van der Waals surface area contributed by atoms with Gasteiger partial charge in [-0.1, -0.05) is 23.7 Å². The summed E-state index contributed by atoms with van der Waals surface area (Å²) in [6.07, 6.45) is 1.74. The van der Waals surface area contributed by atoms with Crippen molar-refractivity contribution in [3.63, 3.8) is 0 Å². The lowest BCUT2D eigenvalue weighted by atomic mass is 10.2. The second-order valence-electron chi connectivity index (χ2n) is 6.53. The lowest BCUT2D eigenvalue weighted by molar-refractivity contribution is 0.121. The fraction of sp³-hybridized carbons (Fsp3) is 0.421. The zero-order chi connectivity index (χ0) is 19.2. The van der Waals surface area contributed by atoms with E-state index in [4.69, 9.17) is 26.1 Å². The summed E-state index contributed by atoms with van der Waals surface area (Å²) in [5, 5.41) is 5.02. The lowest BCUT2D eigenvalue weighted by Crippen LogP contribution is -2.39. The van der Waals surface area contributed by atoms with Crippen LogP contribution in [0.5, 0.6) is 0 Å². The molecule has 2 saturated heterocycles. The van der Waals surface area contributed by atoms with Crippen LogP contribution in [0, 0.1) is 0 Å². The van der Waals surface area contributed by atoms with Gasteiger partial charge in [0.25, 0.3) is 0 Å². The molecular formula is C19H23ClN6O2. The van der Waals surface area contributed by atoms with E-state index in [-0.39, 0.29) is 0 Å². The standard InChI is InChI=1S/C19H23ClN6O2/c20-16-3-1-15(2-4-16)14-21-24-17-13-18(25-5-9-27-10-6-25)23-19(22-17)26-7-11-28-12-8-26/h1-4,13-14H,5-12H2,(H,22,23,24)/b21-14-. The minimum absolute atomic E-state index is 0.656. The highest BCUT2D eigenvalue weighted by Gasteiger charge is 2.19. The molecule has 0 bridgehead atoms. The Morgan fingerprint density at radius 1 is 0.929 bits per heavy atom. The zero-order valence-corrected chi connectivity index (χ0v) is 16.3. The van der Waals surface area contributed by atoms with E-state index in [1.165, 1.54) is 0 Å². The number of hydrogen-bond acceptors (Lipinski definition) is 8. The lowest BCUT2D eigenvalue weighted by Gasteiger charge is -2.31. The van der Waals surface area contributed by atoms with Crippen molar-refractivity contribution in [1.82, 2.24) is 9.97 Å². The predicted molar refractivity (Wildman–Crippen MR) is 111 cm³/mol. The van der Waals surface area contributed by atoms with Crippen LogP contribution in [0.2, 0.25) is 5.02 Å². The van der Waals surface area contributed by atoms with Crippen LogP contribution >= 0.6 is 11.6 Å². The van der Waals surface area contributed by atoms with E-state index >= 15 is 0 Å². The van der Waals surface area contributed by atoms with Gasteiger partial charge in [-0.3, -0.25) is 5.43 Å². The normalized spacial score (nSPS) is 17.9. The molecular weight excluding hydrogens is 380 g/mol. The molecule has 1 aromatic heterocycles. The third-order valence-corrected chi connectivity index (χ3v) is 4.84. The molecule has 0 atom stereocenters. The Bertz CT molecular complexity index is 768. The van der Waals surface area contributed by atoms with Gasteiger partial charge in [0.2, 0.25) is 5.95 Å². The van der Waals surface area contributed by atoms with Gasteiger partial charge >= 0.3 is 0 Å². The van der Waals surface area contributed by atoms with Crippen LogP contribution in [0.25, 0.3) is 0 Å². The number of rotatable bonds is 5. The average molecular weight is 403 g/mol. The van der Waals surface area contributed by atoms with Crippen LogP contribution in [0.3, 0.4) is 0 Å². The number of hydrogen-bond donors (Lipinski definition) is 1. The first-order valence-electron chi connectivity index (χ1n) is 9.37. The molecule has 0 unspecified atom stereocenters. The van der Waals surface area contributed by atoms with E-state index in [1.54, 1.807) is 6.21 Å². The molecule has 2 aliphatic rings. The summed E-state index contributed by atoms with van der Waals surface area (Å²) in [5.74, 6) is 2.23. The fourth-order valence-electron chi connectivity index (χ4n) is 3.06. The smallest absolute Gasteiger partial charge is 0.229 e. The quantitative estimate of drug-likeness (QED) is 0.607. The summed E-state index contributed by atoms with van der Waals surface area (Å²) in [4.78, 5) is 13.8. The predicted octanol–water partition coefficient (Wildman–Crippen LogP) is 2.25. The highest BCUT2D eigenvalue weighted by Crippen LogP contribution is 2.22. The number of aromatic nitrogens is 2. The van der Waals surface area contributed by atoms with Gasteiger partial charge in [0, 0.05) is 37.3 Å². The maximum atomic E-state index is 5.92. The molecule has 0 spiro atoms. The molecule has 0 saturated carbocycles. The highest BCUT2D eigenvalue weighted by molar-refractivity contribution is 6.30. The van der Waals surface area contributed by atoms with Gasteiger partial charge in [-0.25, -0.2) is 0 Å². The maximum absolute atomic E-state index is 5.92. The minimum atomic E-state index is 0.656. The van der Waals surface area contributed by atoms with Crippen LogP contribution in [-0.2, 0) is 9.47 Å². The fourth-order valence-corrected chi connectivity index (χ4v) is 3.19. The number of hydrazone groups is 1. The van der Waals surface area contributed by atoms with Gasteiger partial charge in [0.15, 0.2) is 5.82 Å². The van der Waals surface area contributed by atoms with Crippen molar-refractivity contribution in [3.8, 4) is 0 Å². The molecule has 2 aromatic rings. The third-order valence-electron chi connectivity index (χ3n) is 4.59. The Morgan fingerprint density at radius 2 is 1.57 bits per heavy atom. The first-order valence-corrected chi connectivity index (χ1v) is 9.75. The molecule has 148 valence electrons. The van der Waals surface area contributed by atoms with E-state index in [0.29, 0.717) is 43.2 Å². The molecule has 4 rings (SSSR count). The Hall–Kier alpha value is -2.42. The average Bonchev–Trinajstić information content (AvgIpc) is 2.76. The third kappa shape index (κ3) is 4.89. The Balaban J connectivity index is 1.54. The second kappa shape index (κ2) is 9.18. The van der Waals surface area contributed by atoms with Crippen molar-refractivity contribution in [2.75, 3.05) is 67.8 Å². The molecule has 0 amide bonds. The second-order valence-corrected chi connectivity index (χ2v) is 6.97. The zero-order valence-electron chi connectivity index (χ0n) is 15.6. The van der Waals surface area contributed by atoms with Crippen molar-refractivity contribution < 1.29 is 9.47 Å². The molecule has 3 heterocycles. The van der Waals surface area contributed by atoms with Crippen LogP contribution in [-0.4, -0.2) is 68.8 Å². The Labute approximate surface area is 169 Å². The van der Waals surface area contributed by atoms with Crippen LogP contribution in [0.4, 0.5) is 17.6 Å². The van der Waals surface area contributed by atoms with Crippen molar-refractivity contribution >= 4 is 35.4 Å². The number of ether oxygens (including phenoxy) is 2. The highest BCUT2D eigenvalue weighted by atomic mass is 35.5. The van der Waals surface area contributed by atoms with E-state index in [9.17, 15) is 0 Å². The van der Waals surface area contributed by atoms with Crippen LogP contribution in [0.15, 0.2) is 35.4 Å². The van der Waals surface area contributed by atoms with E-state index < -0.39 is 0 Å². The summed E-state index contributed by atoms with van der Waals surface area (Å²) in [5.41, 5.74) is 3.99. The molecule has 0 radical (unpaired) electrons. The molecule has 2 fully saturated rings. The topological polar surface area (TPSA) is 75.1 Å². The SMILES string of the molecule is Clc1ccc(/C=N\Nc2cc(N3CCOCC3)nc(N3CCOCC3)n2)cc1. The largest absolute Gasteiger partial charge is 0.378 e. The molecule has 0 aliphatic carbocycles. The molecule has 8 nitrogen and oxygen atoms in total. The number of anilines is 3. The Kier molecular flexibility index (Phi) is 6.20. The number of morpholine rings is 2. The molecule has 1 N–H and O–H groups in total. The van der Waals surface area contributed by atoms with Gasteiger partial charge in [-0.15, -0.1) is 0 Å². The van der Waals surface area contributed by atoms with Crippen molar-refractivity contribution in [3.05, 3.63) is 40.9 Å². The molecule has 9 heteroatoms. The van der Waals surface area contributed by atoms with E-state index in [0.717, 1.165) is 37.6 Å². The van der Waals surface area contributed by atoms with Crippen molar-refractivity contribution in [2.45, 2.75) is 0 Å². The van der Waals surface area contributed by atoms with E-state index in [2.05, 4.69) is 25.3 Å². The summed E-state index contributed by atoms with van der Waals surface area (Å²) in [6.45, 7) is 5.95. The number of nitrogens with one attached hydrogen (secondary N) is 1. The minimum Gasteiger partial charge on any atom is -0.378 e. The summed E-state index contributed by atoms with van der Waals surface area (Å²) >= 11 is 5.92. The first kappa shape index (κ1) is 18.9. The Morgan fingerprint density at radius 3 is 2.25 bits per heavy atom. The van der Waals surface area contributed by atoms with Crippen LogP contribution in [0.1, 0.15) is 5.56 Å². The molecule has 2 aliphatic heterocycles. The number of benzene rings is 1. The molecule has 1 aromatic carbocycles. The maximum Gasteiger partial charge on any atom is 0.229 e. The summed E-state index contributed by atoms with van der Waals surface area (Å²) < 4.78 is 10.9. The van der Waals surface area contributed by atoms with Gasteiger partial charge in [-0.05, 0) is 17.7 Å². The number of halogens is 1. The van der Waals surface area contributed by atoms with Gasteiger partial charge < -0.3 is 19.3 Å². The van der Waals surface area contributed by atoms with Gasteiger partial charge in [-0.2, -0.15) is 15.1 Å². The van der Waals surface area contributed by atoms with Crippen molar-refractivity contribution in [2.24, 2.45) is 5.10 Å². The summed E-state index contributed by atoms with van der Waals surface area (Å²) in [7, 11) is 0. The van der Waals surface area contributed by atoms with Gasteiger partial charge in [0.1, 0.15) is 5.82 Å². The summed E-state index contributed by atoms with van der Waals surface area (Å²) in [6, 6.07) is 9.41. The monoisotopic (exact) mass is 402 g/mol. The van der Waals surface area contributed by atoms with Gasteiger partial charge in [0.05, 0.1) is 32.6 Å². The molecule has 28 heavy (non-hydrogen) atoms. The van der Waals surface area contributed by atoms with Crippen LogP contribution < -0.4 is 15.2 Å².